The molecule has 5 unspecified atom stereocenters. The van der Waals surface area contributed by atoms with Gasteiger partial charge in [-0.15, -0.1) is 0 Å². The van der Waals surface area contributed by atoms with Crippen molar-refractivity contribution in [3.63, 3.8) is 0 Å². The Balaban J connectivity index is 1.61. The fraction of sp³-hybridized carbons (Fsp3) is 0.409. The summed E-state index contributed by atoms with van der Waals surface area (Å²) in [6, 6.07) is 17.2. The first kappa shape index (κ1) is 15.0. The summed E-state index contributed by atoms with van der Waals surface area (Å²) in [6.07, 6.45) is 4.01. The molecule has 0 amide bonds. The first-order valence-electron chi connectivity index (χ1n) is 9.30. The van der Waals surface area contributed by atoms with E-state index in [1.807, 2.05) is 6.07 Å². The number of carbonyl (C=O) groups is 1. The number of fused-ring (bicyclic) bond motifs is 7. The summed E-state index contributed by atoms with van der Waals surface area (Å²) in [4.78, 5) is 12.0. The van der Waals surface area contributed by atoms with Gasteiger partial charge in [-0.1, -0.05) is 30.3 Å². The van der Waals surface area contributed by atoms with Gasteiger partial charge in [0.1, 0.15) is 0 Å². The largest absolute Gasteiger partial charge is 0.465 e. The molecule has 1 heterocycles. The molecule has 2 aliphatic carbocycles. The van der Waals surface area contributed by atoms with Crippen molar-refractivity contribution < 1.29 is 9.53 Å². The van der Waals surface area contributed by atoms with E-state index in [0.717, 1.165) is 11.8 Å². The minimum absolute atomic E-state index is 0.243. The quantitative estimate of drug-likeness (QED) is 0.805. The van der Waals surface area contributed by atoms with Crippen LogP contribution >= 0.6 is 0 Å². The van der Waals surface area contributed by atoms with Crippen molar-refractivity contribution in [1.82, 2.24) is 0 Å². The smallest absolute Gasteiger partial charge is 0.337 e. The van der Waals surface area contributed by atoms with Gasteiger partial charge >= 0.3 is 5.97 Å². The van der Waals surface area contributed by atoms with E-state index >= 15 is 0 Å². The second-order valence-electron chi connectivity index (χ2n) is 7.76. The first-order valence-corrected chi connectivity index (χ1v) is 9.30. The number of methoxy groups -OCH3 is 1. The Bertz CT molecular complexity index is 816. The predicted octanol–water partition coefficient (Wildman–Crippen LogP) is 4.77. The molecule has 2 aromatic carbocycles. The molecule has 1 aliphatic heterocycles. The standard InChI is InChI=1S/C22H23NO2/c1-25-22(24)16-9-10-18-17(12-16)19-14-7-8-15(11-14)20(19)21(23-18)13-5-3-2-4-6-13/h2-6,9-10,12,14-15,19-21,23H,7-8,11H2,1H3. The van der Waals surface area contributed by atoms with E-state index in [4.69, 9.17) is 4.74 Å². The minimum atomic E-state index is -0.243. The maximum atomic E-state index is 12.0. The van der Waals surface area contributed by atoms with Crippen LogP contribution in [0.4, 0.5) is 5.69 Å². The third-order valence-electron chi connectivity index (χ3n) is 6.67. The molecule has 3 nitrogen and oxygen atoms in total. The molecule has 0 aromatic heterocycles. The van der Waals surface area contributed by atoms with Gasteiger partial charge in [0.2, 0.25) is 0 Å². The Morgan fingerprint density at radius 3 is 2.68 bits per heavy atom. The molecule has 3 aliphatic rings. The zero-order valence-corrected chi connectivity index (χ0v) is 14.4. The number of benzene rings is 2. The highest BCUT2D eigenvalue weighted by Crippen LogP contribution is 2.63. The van der Waals surface area contributed by atoms with Crippen molar-refractivity contribution in [2.24, 2.45) is 17.8 Å². The molecule has 2 bridgehead atoms. The molecule has 3 heteroatoms. The third-order valence-corrected chi connectivity index (χ3v) is 6.67. The maximum Gasteiger partial charge on any atom is 0.337 e. The van der Waals surface area contributed by atoms with Crippen LogP contribution in [0, 0.1) is 17.8 Å². The van der Waals surface area contributed by atoms with Crippen LogP contribution in [0.5, 0.6) is 0 Å². The molecule has 0 radical (unpaired) electrons. The van der Waals surface area contributed by atoms with Crippen molar-refractivity contribution >= 4 is 11.7 Å². The van der Waals surface area contributed by atoms with E-state index in [1.165, 1.54) is 43.2 Å². The van der Waals surface area contributed by atoms with Crippen LogP contribution in [0.25, 0.3) is 0 Å². The highest BCUT2D eigenvalue weighted by molar-refractivity contribution is 5.90. The van der Waals surface area contributed by atoms with E-state index in [-0.39, 0.29) is 5.97 Å². The Morgan fingerprint density at radius 1 is 1.08 bits per heavy atom. The lowest BCUT2D eigenvalue weighted by Crippen LogP contribution is -2.35. The Morgan fingerprint density at radius 2 is 1.88 bits per heavy atom. The van der Waals surface area contributed by atoms with Crippen molar-refractivity contribution in [2.75, 3.05) is 12.4 Å². The fourth-order valence-electron chi connectivity index (χ4n) is 5.72. The highest BCUT2D eigenvalue weighted by Gasteiger charge is 2.53. The molecule has 0 spiro atoms. The summed E-state index contributed by atoms with van der Waals surface area (Å²) in [5.74, 6) is 2.50. The van der Waals surface area contributed by atoms with E-state index in [1.54, 1.807) is 0 Å². The monoisotopic (exact) mass is 333 g/mol. The van der Waals surface area contributed by atoms with Gasteiger partial charge in [0, 0.05) is 5.69 Å². The van der Waals surface area contributed by atoms with Crippen LogP contribution in [-0.4, -0.2) is 13.1 Å². The van der Waals surface area contributed by atoms with Crippen LogP contribution in [0.15, 0.2) is 48.5 Å². The summed E-state index contributed by atoms with van der Waals surface area (Å²) >= 11 is 0. The Labute approximate surface area is 148 Å². The molecule has 2 aromatic rings. The lowest BCUT2D eigenvalue weighted by molar-refractivity contribution is 0.0600. The average Bonchev–Trinajstić information content (AvgIpc) is 3.29. The van der Waals surface area contributed by atoms with Crippen LogP contribution in [-0.2, 0) is 4.74 Å². The summed E-state index contributed by atoms with van der Waals surface area (Å²) in [6.45, 7) is 0. The van der Waals surface area contributed by atoms with Crippen LogP contribution in [0.1, 0.15) is 52.7 Å². The van der Waals surface area contributed by atoms with Gasteiger partial charge in [-0.05, 0) is 72.3 Å². The Kier molecular flexibility index (Phi) is 3.37. The van der Waals surface area contributed by atoms with Gasteiger partial charge in [0.15, 0.2) is 0 Å². The molecule has 1 N–H and O–H groups in total. The number of esters is 1. The highest BCUT2D eigenvalue weighted by atomic mass is 16.5. The number of anilines is 1. The topological polar surface area (TPSA) is 38.3 Å². The molecule has 2 fully saturated rings. The lowest BCUT2D eigenvalue weighted by atomic mass is 9.68. The molecular weight excluding hydrogens is 310 g/mol. The molecule has 5 rings (SSSR count). The van der Waals surface area contributed by atoms with E-state index in [9.17, 15) is 4.79 Å². The Hall–Kier alpha value is -2.29. The zero-order valence-electron chi connectivity index (χ0n) is 14.4. The fourth-order valence-corrected chi connectivity index (χ4v) is 5.72. The average molecular weight is 333 g/mol. The van der Waals surface area contributed by atoms with Crippen molar-refractivity contribution in [2.45, 2.75) is 31.2 Å². The van der Waals surface area contributed by atoms with Crippen molar-refractivity contribution in [3.8, 4) is 0 Å². The number of hydrogen-bond donors (Lipinski definition) is 1. The first-order chi connectivity index (χ1) is 12.3. The van der Waals surface area contributed by atoms with E-state index in [0.29, 0.717) is 23.4 Å². The minimum Gasteiger partial charge on any atom is -0.465 e. The van der Waals surface area contributed by atoms with E-state index in [2.05, 4.69) is 47.8 Å². The number of hydrogen-bond acceptors (Lipinski definition) is 3. The van der Waals surface area contributed by atoms with Gasteiger partial charge in [-0.2, -0.15) is 0 Å². The molecule has 25 heavy (non-hydrogen) atoms. The second kappa shape index (κ2) is 5.62. The van der Waals surface area contributed by atoms with Crippen molar-refractivity contribution in [3.05, 3.63) is 65.2 Å². The number of nitrogens with one attached hydrogen (secondary N) is 1. The van der Waals surface area contributed by atoms with Gasteiger partial charge in [0.25, 0.3) is 0 Å². The molecule has 5 atom stereocenters. The molecule has 128 valence electrons. The third kappa shape index (κ3) is 2.21. The maximum absolute atomic E-state index is 12.0. The normalized spacial score (nSPS) is 31.8. The summed E-state index contributed by atoms with van der Waals surface area (Å²) < 4.78 is 4.93. The molecular formula is C22H23NO2. The predicted molar refractivity (Wildman–Crippen MR) is 97.6 cm³/mol. The van der Waals surface area contributed by atoms with Gasteiger partial charge in [-0.25, -0.2) is 4.79 Å². The van der Waals surface area contributed by atoms with Gasteiger partial charge < -0.3 is 10.1 Å². The number of rotatable bonds is 2. The number of ether oxygens (including phenoxy) is 1. The van der Waals surface area contributed by atoms with E-state index < -0.39 is 0 Å². The molecule has 0 saturated heterocycles. The lowest BCUT2D eigenvalue weighted by Gasteiger charge is -2.43. The van der Waals surface area contributed by atoms with Crippen LogP contribution < -0.4 is 5.32 Å². The zero-order chi connectivity index (χ0) is 17.0. The molecule has 2 saturated carbocycles. The summed E-state index contributed by atoms with van der Waals surface area (Å²) in [5.41, 5.74) is 4.57. The summed E-state index contributed by atoms with van der Waals surface area (Å²) in [7, 11) is 1.45. The van der Waals surface area contributed by atoms with Crippen LogP contribution in [0.2, 0.25) is 0 Å². The number of carbonyl (C=O) groups excluding carboxylic acids is 1. The second-order valence-corrected chi connectivity index (χ2v) is 7.76. The summed E-state index contributed by atoms with van der Waals surface area (Å²) in [5, 5.41) is 3.80. The van der Waals surface area contributed by atoms with Gasteiger partial charge in [-0.3, -0.25) is 0 Å². The van der Waals surface area contributed by atoms with Crippen molar-refractivity contribution in [1.29, 1.82) is 0 Å². The van der Waals surface area contributed by atoms with Gasteiger partial charge in [0.05, 0.1) is 18.7 Å². The van der Waals surface area contributed by atoms with Crippen LogP contribution in [0.3, 0.4) is 0 Å². The SMILES string of the molecule is COC(=O)c1ccc2c(c1)C1C3CCC(C3)C1C(c1ccccc1)N2.